The Kier molecular flexibility index (Phi) is 6.97. The highest BCUT2D eigenvalue weighted by Crippen LogP contribution is 2.24. The molecule has 3 N–H and O–H groups in total. The highest BCUT2D eigenvalue weighted by Gasteiger charge is 2.32. The van der Waals surface area contributed by atoms with E-state index in [4.69, 9.17) is 15.2 Å². The highest BCUT2D eigenvalue weighted by atomic mass is 19.1. The van der Waals surface area contributed by atoms with Crippen LogP contribution in [0.2, 0.25) is 0 Å². The number of esters is 1. The van der Waals surface area contributed by atoms with Gasteiger partial charge in [-0.25, -0.2) is 9.18 Å². The average molecular weight is 402 g/mol. The van der Waals surface area contributed by atoms with Crippen molar-refractivity contribution < 1.29 is 23.5 Å². The Morgan fingerprint density at radius 2 is 1.66 bits per heavy atom. The Balaban J connectivity index is 2.23. The summed E-state index contributed by atoms with van der Waals surface area (Å²) in [5.74, 6) is -1.47. The second-order valence-electron chi connectivity index (χ2n) is 7.72. The molecule has 0 unspecified atom stereocenters. The molecule has 156 valence electrons. The largest absolute Gasteiger partial charge is 0.467 e. The molecule has 0 bridgehead atoms. The van der Waals surface area contributed by atoms with Crippen LogP contribution in [0.5, 0.6) is 0 Å². The van der Waals surface area contributed by atoms with Gasteiger partial charge in [-0.15, -0.1) is 0 Å². The van der Waals surface area contributed by atoms with Gasteiger partial charge >= 0.3 is 5.97 Å². The van der Waals surface area contributed by atoms with Crippen molar-refractivity contribution in [3.05, 3.63) is 53.8 Å². The molecule has 0 heterocycles. The van der Waals surface area contributed by atoms with Gasteiger partial charge in [-0.2, -0.15) is 0 Å². The molecule has 2 aromatic rings. The molecule has 2 atom stereocenters. The third kappa shape index (κ3) is 6.02. The number of carbonyl (C=O) groups is 2. The molecule has 0 spiro atoms. The third-order valence-corrected chi connectivity index (χ3v) is 4.22. The average Bonchev–Trinajstić information content (AvgIpc) is 2.64. The molecular weight excluding hydrogens is 375 g/mol. The number of hydrogen-bond acceptors (Lipinski definition) is 5. The zero-order chi connectivity index (χ0) is 21.8. The first-order valence-electron chi connectivity index (χ1n) is 9.24. The van der Waals surface area contributed by atoms with E-state index >= 15 is 0 Å². The topological polar surface area (TPSA) is 90.7 Å². The van der Waals surface area contributed by atoms with Gasteiger partial charge in [0.05, 0.1) is 24.4 Å². The zero-order valence-electron chi connectivity index (χ0n) is 17.3. The van der Waals surface area contributed by atoms with Gasteiger partial charge in [-0.3, -0.25) is 4.79 Å². The lowest BCUT2D eigenvalue weighted by Crippen LogP contribution is -2.51. The van der Waals surface area contributed by atoms with Crippen LogP contribution < -0.4 is 11.1 Å². The van der Waals surface area contributed by atoms with Crippen molar-refractivity contribution in [2.75, 3.05) is 12.8 Å². The first-order chi connectivity index (χ1) is 13.5. The van der Waals surface area contributed by atoms with Gasteiger partial charge in [0.1, 0.15) is 5.82 Å². The smallest absolute Gasteiger partial charge is 0.331 e. The van der Waals surface area contributed by atoms with E-state index in [0.717, 1.165) is 11.1 Å². The monoisotopic (exact) mass is 402 g/mol. The van der Waals surface area contributed by atoms with Crippen molar-refractivity contribution in [1.82, 2.24) is 5.32 Å². The molecule has 0 radical (unpaired) electrons. The maximum atomic E-state index is 13.1. The van der Waals surface area contributed by atoms with Crippen LogP contribution in [-0.4, -0.2) is 36.7 Å². The van der Waals surface area contributed by atoms with Crippen molar-refractivity contribution in [3.8, 4) is 11.1 Å². The third-order valence-electron chi connectivity index (χ3n) is 4.22. The Hall–Kier alpha value is -2.93. The number of nitrogens with one attached hydrogen (secondary N) is 1. The number of anilines is 1. The SMILES string of the molecule is COC(=O)[C@@H](NC(=O)c1ccc(-c2ccc(F)cc2)cc1N)[C@@H](C)OC(C)(C)C. The van der Waals surface area contributed by atoms with Crippen LogP contribution in [0.1, 0.15) is 38.1 Å². The zero-order valence-corrected chi connectivity index (χ0v) is 17.3. The molecule has 1 amide bonds. The highest BCUT2D eigenvalue weighted by molar-refractivity contribution is 6.01. The summed E-state index contributed by atoms with van der Waals surface area (Å²) in [6.45, 7) is 7.25. The molecule has 0 saturated heterocycles. The van der Waals surface area contributed by atoms with E-state index in [1.807, 2.05) is 20.8 Å². The number of carbonyl (C=O) groups excluding carboxylic acids is 2. The van der Waals surface area contributed by atoms with E-state index in [1.165, 1.54) is 19.2 Å². The number of benzene rings is 2. The van der Waals surface area contributed by atoms with Gasteiger partial charge in [0.25, 0.3) is 5.91 Å². The summed E-state index contributed by atoms with van der Waals surface area (Å²) in [4.78, 5) is 24.9. The maximum absolute atomic E-state index is 13.1. The second kappa shape index (κ2) is 9.05. The van der Waals surface area contributed by atoms with Crippen molar-refractivity contribution in [2.24, 2.45) is 0 Å². The minimum Gasteiger partial charge on any atom is -0.467 e. The van der Waals surface area contributed by atoms with Crippen LogP contribution >= 0.6 is 0 Å². The fourth-order valence-corrected chi connectivity index (χ4v) is 2.93. The number of ether oxygens (including phenoxy) is 2. The maximum Gasteiger partial charge on any atom is 0.331 e. The van der Waals surface area contributed by atoms with E-state index < -0.39 is 29.6 Å². The minimum atomic E-state index is -0.997. The molecule has 29 heavy (non-hydrogen) atoms. The molecule has 0 saturated carbocycles. The number of nitrogens with two attached hydrogens (primary N) is 1. The van der Waals surface area contributed by atoms with Gasteiger partial charge in [-0.1, -0.05) is 18.2 Å². The van der Waals surface area contributed by atoms with Gasteiger partial charge in [0.2, 0.25) is 0 Å². The predicted molar refractivity (Wildman–Crippen MR) is 110 cm³/mol. The van der Waals surface area contributed by atoms with E-state index in [2.05, 4.69) is 5.32 Å². The summed E-state index contributed by atoms with van der Waals surface area (Å²) in [5, 5.41) is 2.65. The predicted octanol–water partition coefficient (Wildman–Crippen LogP) is 3.55. The van der Waals surface area contributed by atoms with Gasteiger partial charge in [0.15, 0.2) is 6.04 Å². The van der Waals surface area contributed by atoms with Gasteiger partial charge in [-0.05, 0) is 63.1 Å². The summed E-state index contributed by atoms with van der Waals surface area (Å²) in [6, 6.07) is 9.86. The van der Waals surface area contributed by atoms with Crippen LogP contribution in [0, 0.1) is 5.82 Å². The summed E-state index contributed by atoms with van der Waals surface area (Å²) < 4.78 is 23.7. The molecule has 0 aliphatic carbocycles. The van der Waals surface area contributed by atoms with Crippen molar-refractivity contribution in [3.63, 3.8) is 0 Å². The number of rotatable bonds is 6. The van der Waals surface area contributed by atoms with Gasteiger partial charge < -0.3 is 20.5 Å². The lowest BCUT2D eigenvalue weighted by molar-refractivity contribution is -0.150. The molecule has 0 aromatic heterocycles. The van der Waals surface area contributed by atoms with Crippen LogP contribution in [-0.2, 0) is 14.3 Å². The standard InChI is InChI=1S/C22H27FN2O4/c1-13(29-22(2,3)4)19(21(27)28-5)25-20(26)17-11-8-15(12-18(17)24)14-6-9-16(23)10-7-14/h6-13,19H,24H2,1-5H3,(H,25,26)/t13-,19+/m1/s1. The summed E-state index contributed by atoms with van der Waals surface area (Å²) in [7, 11) is 1.25. The van der Waals surface area contributed by atoms with Crippen LogP contribution in [0.25, 0.3) is 11.1 Å². The lowest BCUT2D eigenvalue weighted by Gasteiger charge is -2.30. The quantitative estimate of drug-likeness (QED) is 0.570. The number of methoxy groups -OCH3 is 1. The molecule has 2 rings (SSSR count). The van der Waals surface area contributed by atoms with Crippen molar-refractivity contribution in [1.29, 1.82) is 0 Å². The lowest BCUT2D eigenvalue weighted by atomic mass is 10.0. The molecule has 7 heteroatoms. The molecule has 0 aliphatic rings. The van der Waals surface area contributed by atoms with E-state index in [-0.39, 0.29) is 17.1 Å². The van der Waals surface area contributed by atoms with Gasteiger partial charge in [0, 0.05) is 5.69 Å². The van der Waals surface area contributed by atoms with Crippen LogP contribution in [0.4, 0.5) is 10.1 Å². The Morgan fingerprint density at radius 1 is 1.07 bits per heavy atom. The van der Waals surface area contributed by atoms with Crippen molar-refractivity contribution >= 4 is 17.6 Å². The molecule has 0 aliphatic heterocycles. The minimum absolute atomic E-state index is 0.215. The first kappa shape index (κ1) is 22.4. The number of nitrogen functional groups attached to an aromatic ring is 1. The number of halogens is 1. The Labute approximate surface area is 170 Å². The molecule has 0 fully saturated rings. The second-order valence-corrected chi connectivity index (χ2v) is 7.72. The first-order valence-corrected chi connectivity index (χ1v) is 9.24. The molecule has 6 nitrogen and oxygen atoms in total. The summed E-state index contributed by atoms with van der Waals surface area (Å²) >= 11 is 0. The van der Waals surface area contributed by atoms with Crippen LogP contribution in [0.3, 0.4) is 0 Å². The van der Waals surface area contributed by atoms with E-state index in [9.17, 15) is 14.0 Å². The van der Waals surface area contributed by atoms with Crippen molar-refractivity contribution in [2.45, 2.75) is 45.4 Å². The van der Waals surface area contributed by atoms with E-state index in [1.54, 1.807) is 37.3 Å². The van der Waals surface area contributed by atoms with Crippen LogP contribution in [0.15, 0.2) is 42.5 Å². The fraction of sp³-hybridized carbons (Fsp3) is 0.364. The summed E-state index contributed by atoms with van der Waals surface area (Å²) in [5.41, 5.74) is 7.52. The summed E-state index contributed by atoms with van der Waals surface area (Å²) in [6.07, 6.45) is -0.619. The Morgan fingerprint density at radius 3 is 2.17 bits per heavy atom. The number of hydrogen-bond donors (Lipinski definition) is 2. The molecule has 2 aromatic carbocycles. The fourth-order valence-electron chi connectivity index (χ4n) is 2.93. The normalized spacial score (nSPS) is 13.4. The van der Waals surface area contributed by atoms with E-state index in [0.29, 0.717) is 0 Å². The molecular formula is C22H27FN2O4. The Bertz CT molecular complexity index is 875. The number of amides is 1.